The first-order valence-electron chi connectivity index (χ1n) is 9.27. The molecule has 3 rings (SSSR count). The molecule has 0 spiro atoms. The molecule has 0 radical (unpaired) electrons. The van der Waals surface area contributed by atoms with Crippen LogP contribution in [0.4, 0.5) is 0 Å². The fraction of sp³-hybridized carbons (Fsp3) is 0.476. The first-order chi connectivity index (χ1) is 13.0. The van der Waals surface area contributed by atoms with E-state index >= 15 is 0 Å². The van der Waals surface area contributed by atoms with E-state index in [0.717, 1.165) is 11.1 Å². The summed E-state index contributed by atoms with van der Waals surface area (Å²) in [4.78, 5) is 37.9. The molecular formula is C21H24O6. The number of rotatable bonds is 6. The lowest BCUT2D eigenvalue weighted by Gasteiger charge is -2.24. The largest absolute Gasteiger partial charge is 0.465 e. The van der Waals surface area contributed by atoms with E-state index in [2.05, 4.69) is 0 Å². The van der Waals surface area contributed by atoms with Gasteiger partial charge in [-0.15, -0.1) is 0 Å². The van der Waals surface area contributed by atoms with Crippen molar-refractivity contribution in [2.24, 2.45) is 5.41 Å². The SMILES string of the molecule is CCOC(=O)C1(C(=O)OCC)CC2=C(C[C@H](C(=O)c3ccccc3)OC2)C1. The molecule has 1 heterocycles. The monoisotopic (exact) mass is 372 g/mol. The summed E-state index contributed by atoms with van der Waals surface area (Å²) in [5.74, 6) is -1.22. The Hall–Kier alpha value is -2.47. The van der Waals surface area contributed by atoms with Crippen molar-refractivity contribution in [1.82, 2.24) is 0 Å². The Labute approximate surface area is 158 Å². The van der Waals surface area contributed by atoms with Crippen LogP contribution in [-0.2, 0) is 23.8 Å². The average molecular weight is 372 g/mol. The van der Waals surface area contributed by atoms with Gasteiger partial charge in [0.15, 0.2) is 11.2 Å². The highest BCUT2D eigenvalue weighted by atomic mass is 16.6. The van der Waals surface area contributed by atoms with Crippen LogP contribution in [0.2, 0.25) is 0 Å². The van der Waals surface area contributed by atoms with Crippen LogP contribution >= 0.6 is 0 Å². The van der Waals surface area contributed by atoms with Gasteiger partial charge in [0, 0.05) is 12.0 Å². The van der Waals surface area contributed by atoms with Gasteiger partial charge in [-0.25, -0.2) is 0 Å². The molecule has 1 aliphatic heterocycles. The van der Waals surface area contributed by atoms with E-state index in [1.165, 1.54) is 0 Å². The van der Waals surface area contributed by atoms with Gasteiger partial charge in [0.1, 0.15) is 6.10 Å². The van der Waals surface area contributed by atoms with Crippen molar-refractivity contribution in [2.75, 3.05) is 19.8 Å². The summed E-state index contributed by atoms with van der Waals surface area (Å²) in [6, 6.07) is 8.98. The molecule has 0 amide bonds. The third-order valence-electron chi connectivity index (χ3n) is 5.10. The summed E-state index contributed by atoms with van der Waals surface area (Å²) in [6.45, 7) is 4.03. The number of carbonyl (C=O) groups is 3. The van der Waals surface area contributed by atoms with E-state index in [1.807, 2.05) is 18.2 Å². The van der Waals surface area contributed by atoms with E-state index in [0.29, 0.717) is 12.0 Å². The molecule has 27 heavy (non-hydrogen) atoms. The zero-order valence-corrected chi connectivity index (χ0v) is 15.7. The van der Waals surface area contributed by atoms with Crippen LogP contribution in [0.15, 0.2) is 41.5 Å². The van der Waals surface area contributed by atoms with Gasteiger partial charge < -0.3 is 14.2 Å². The fourth-order valence-corrected chi connectivity index (χ4v) is 3.76. The van der Waals surface area contributed by atoms with Gasteiger partial charge in [0.05, 0.1) is 19.8 Å². The Kier molecular flexibility index (Phi) is 5.75. The van der Waals surface area contributed by atoms with Gasteiger partial charge in [-0.05, 0) is 32.3 Å². The van der Waals surface area contributed by atoms with Crippen molar-refractivity contribution in [2.45, 2.75) is 39.2 Å². The van der Waals surface area contributed by atoms with Crippen molar-refractivity contribution in [3.8, 4) is 0 Å². The third kappa shape index (κ3) is 3.67. The summed E-state index contributed by atoms with van der Waals surface area (Å²) in [5, 5.41) is 0. The van der Waals surface area contributed by atoms with Crippen molar-refractivity contribution in [1.29, 1.82) is 0 Å². The smallest absolute Gasteiger partial charge is 0.324 e. The number of hydrogen-bond acceptors (Lipinski definition) is 6. The number of carbonyl (C=O) groups excluding carboxylic acids is 3. The second-order valence-electron chi connectivity index (χ2n) is 6.82. The Morgan fingerprint density at radius 2 is 1.59 bits per heavy atom. The minimum atomic E-state index is -1.36. The highest BCUT2D eigenvalue weighted by Crippen LogP contribution is 2.47. The average Bonchev–Trinajstić information content (AvgIpc) is 3.08. The van der Waals surface area contributed by atoms with Crippen LogP contribution in [0.3, 0.4) is 0 Å². The summed E-state index contributed by atoms with van der Waals surface area (Å²) < 4.78 is 16.1. The lowest BCUT2D eigenvalue weighted by molar-refractivity contribution is -0.171. The molecule has 0 unspecified atom stereocenters. The zero-order chi connectivity index (χ0) is 19.4. The Balaban J connectivity index is 1.79. The van der Waals surface area contributed by atoms with Gasteiger partial charge >= 0.3 is 11.9 Å². The number of ether oxygens (including phenoxy) is 3. The highest BCUT2D eigenvalue weighted by Gasteiger charge is 2.54. The fourth-order valence-electron chi connectivity index (χ4n) is 3.76. The highest BCUT2D eigenvalue weighted by molar-refractivity contribution is 6.02. The van der Waals surface area contributed by atoms with Crippen molar-refractivity contribution >= 4 is 17.7 Å². The standard InChI is InChI=1S/C21H24O6/c1-3-25-19(23)21(20(24)26-4-2)11-15-10-17(27-13-16(15)12-21)18(22)14-8-6-5-7-9-14/h5-9,17H,3-4,10-13H2,1-2H3/t17-/m1/s1. The van der Waals surface area contributed by atoms with E-state index in [1.54, 1.807) is 26.0 Å². The van der Waals surface area contributed by atoms with Gasteiger partial charge in [-0.2, -0.15) is 0 Å². The molecule has 2 aliphatic rings. The molecule has 0 N–H and O–H groups in total. The summed E-state index contributed by atoms with van der Waals surface area (Å²) >= 11 is 0. The molecule has 1 aliphatic carbocycles. The number of benzene rings is 1. The first kappa shape index (κ1) is 19.3. The Bertz CT molecular complexity index is 746. The first-order valence-corrected chi connectivity index (χ1v) is 9.27. The van der Waals surface area contributed by atoms with E-state index in [-0.39, 0.29) is 38.4 Å². The van der Waals surface area contributed by atoms with Crippen LogP contribution < -0.4 is 0 Å². The molecule has 1 aromatic carbocycles. The predicted octanol–water partition coefficient (Wildman–Crippen LogP) is 2.86. The molecule has 6 nitrogen and oxygen atoms in total. The summed E-state index contributed by atoms with van der Waals surface area (Å²) in [6.07, 6.45) is 0.226. The summed E-state index contributed by atoms with van der Waals surface area (Å²) in [7, 11) is 0. The predicted molar refractivity (Wildman–Crippen MR) is 97.1 cm³/mol. The summed E-state index contributed by atoms with van der Waals surface area (Å²) in [5.41, 5.74) is 1.06. The number of hydrogen-bond donors (Lipinski definition) is 0. The zero-order valence-electron chi connectivity index (χ0n) is 15.7. The maximum atomic E-state index is 12.7. The normalized spacial score (nSPS) is 20.7. The Morgan fingerprint density at radius 3 is 2.19 bits per heavy atom. The molecule has 0 bridgehead atoms. The molecule has 144 valence electrons. The molecule has 1 aromatic rings. The minimum Gasteiger partial charge on any atom is -0.465 e. The topological polar surface area (TPSA) is 78.9 Å². The van der Waals surface area contributed by atoms with Crippen LogP contribution in [-0.4, -0.2) is 43.6 Å². The quantitative estimate of drug-likeness (QED) is 0.331. The van der Waals surface area contributed by atoms with Gasteiger partial charge in [0.25, 0.3) is 0 Å². The second-order valence-corrected chi connectivity index (χ2v) is 6.82. The molecule has 0 fully saturated rings. The van der Waals surface area contributed by atoms with Gasteiger partial charge in [0.2, 0.25) is 0 Å². The van der Waals surface area contributed by atoms with Crippen molar-refractivity contribution in [3.63, 3.8) is 0 Å². The maximum absolute atomic E-state index is 12.7. The maximum Gasteiger partial charge on any atom is 0.324 e. The van der Waals surface area contributed by atoms with Crippen molar-refractivity contribution < 1.29 is 28.6 Å². The van der Waals surface area contributed by atoms with Crippen LogP contribution in [0, 0.1) is 5.41 Å². The molecule has 6 heteroatoms. The second kappa shape index (κ2) is 8.05. The molecule has 0 aromatic heterocycles. The van der Waals surface area contributed by atoms with E-state index in [9.17, 15) is 14.4 Å². The number of esters is 2. The molecule has 0 saturated heterocycles. The van der Waals surface area contributed by atoms with E-state index < -0.39 is 23.5 Å². The minimum absolute atomic E-state index is 0.0908. The lowest BCUT2D eigenvalue weighted by atomic mass is 9.83. The van der Waals surface area contributed by atoms with Gasteiger partial charge in [-0.1, -0.05) is 35.9 Å². The van der Waals surface area contributed by atoms with Crippen molar-refractivity contribution in [3.05, 3.63) is 47.0 Å². The molecular weight excluding hydrogens is 348 g/mol. The number of ketones is 1. The number of Topliss-reactive ketones (excluding diaryl/α,β-unsaturated/α-hetero) is 1. The molecule has 1 atom stereocenters. The molecule has 0 saturated carbocycles. The lowest BCUT2D eigenvalue weighted by Crippen LogP contribution is -2.40. The van der Waals surface area contributed by atoms with E-state index in [4.69, 9.17) is 14.2 Å². The third-order valence-corrected chi connectivity index (χ3v) is 5.10. The van der Waals surface area contributed by atoms with Crippen LogP contribution in [0.1, 0.15) is 43.5 Å². The Morgan fingerprint density at radius 1 is 1.00 bits per heavy atom. The van der Waals surface area contributed by atoms with Gasteiger partial charge in [-0.3, -0.25) is 14.4 Å². The van der Waals surface area contributed by atoms with Crippen LogP contribution in [0.5, 0.6) is 0 Å². The van der Waals surface area contributed by atoms with Crippen LogP contribution in [0.25, 0.3) is 0 Å².